The zero-order valence-corrected chi connectivity index (χ0v) is 13.3. The van der Waals surface area contributed by atoms with E-state index in [1.165, 1.54) is 19.3 Å². The van der Waals surface area contributed by atoms with Gasteiger partial charge in [-0.25, -0.2) is 0 Å². The number of nitrogens with zero attached hydrogens (tertiary/aromatic N) is 1. The Morgan fingerprint density at radius 1 is 1.48 bits per heavy atom. The molecule has 21 heavy (non-hydrogen) atoms. The minimum absolute atomic E-state index is 0.530. The third kappa shape index (κ3) is 5.12. The van der Waals surface area contributed by atoms with Crippen molar-refractivity contribution in [3.8, 4) is 5.75 Å². The van der Waals surface area contributed by atoms with Crippen molar-refractivity contribution in [3.05, 3.63) is 28.8 Å². The van der Waals surface area contributed by atoms with Crippen molar-refractivity contribution in [1.29, 1.82) is 0 Å². The fourth-order valence-corrected chi connectivity index (χ4v) is 2.52. The Morgan fingerprint density at radius 2 is 2.29 bits per heavy atom. The third-order valence-electron chi connectivity index (χ3n) is 3.77. The molecule has 116 valence electrons. The highest BCUT2D eigenvalue weighted by Crippen LogP contribution is 2.26. The second-order valence-corrected chi connectivity index (χ2v) is 5.82. The van der Waals surface area contributed by atoms with E-state index < -0.39 is 0 Å². The smallest absolute Gasteiger partial charge is 0.188 e. The predicted octanol–water partition coefficient (Wildman–Crippen LogP) is 2.99. The summed E-state index contributed by atoms with van der Waals surface area (Å²) >= 11 is 6.04. The molecule has 0 spiro atoms. The summed E-state index contributed by atoms with van der Waals surface area (Å²) in [5, 5.41) is 3.87. The van der Waals surface area contributed by atoms with Gasteiger partial charge in [-0.3, -0.25) is 4.99 Å². The van der Waals surface area contributed by atoms with E-state index in [1.807, 2.05) is 25.1 Å². The van der Waals surface area contributed by atoms with E-state index in [-0.39, 0.29) is 0 Å². The van der Waals surface area contributed by atoms with Gasteiger partial charge in [-0.2, -0.15) is 0 Å². The first-order chi connectivity index (χ1) is 10.2. The Hall–Kier alpha value is -1.42. The summed E-state index contributed by atoms with van der Waals surface area (Å²) in [5.41, 5.74) is 6.96. The minimum atomic E-state index is 0.530. The van der Waals surface area contributed by atoms with Crippen LogP contribution in [-0.2, 0) is 6.42 Å². The van der Waals surface area contributed by atoms with Crippen molar-refractivity contribution in [2.24, 2.45) is 16.6 Å². The highest BCUT2D eigenvalue weighted by molar-refractivity contribution is 6.30. The minimum Gasteiger partial charge on any atom is -0.494 e. The summed E-state index contributed by atoms with van der Waals surface area (Å²) in [6.07, 6.45) is 4.71. The van der Waals surface area contributed by atoms with Gasteiger partial charge in [-0.1, -0.05) is 18.0 Å². The van der Waals surface area contributed by atoms with Crippen LogP contribution < -0.4 is 15.8 Å². The van der Waals surface area contributed by atoms with Crippen LogP contribution in [0, 0.1) is 5.92 Å². The van der Waals surface area contributed by atoms with Crippen LogP contribution in [0.4, 0.5) is 0 Å². The Balaban J connectivity index is 1.80. The molecule has 1 fully saturated rings. The van der Waals surface area contributed by atoms with Gasteiger partial charge in [0.25, 0.3) is 0 Å². The van der Waals surface area contributed by atoms with Crippen LogP contribution in [0.2, 0.25) is 5.02 Å². The molecule has 0 amide bonds. The van der Waals surface area contributed by atoms with Gasteiger partial charge in [-0.05, 0) is 55.9 Å². The molecule has 0 heterocycles. The summed E-state index contributed by atoms with van der Waals surface area (Å²) in [6, 6.07) is 5.70. The number of benzene rings is 1. The second-order valence-electron chi connectivity index (χ2n) is 5.38. The number of halogens is 1. The topological polar surface area (TPSA) is 59.6 Å². The van der Waals surface area contributed by atoms with Crippen LogP contribution >= 0.6 is 11.6 Å². The van der Waals surface area contributed by atoms with Crippen LogP contribution in [0.5, 0.6) is 5.75 Å². The van der Waals surface area contributed by atoms with E-state index in [1.54, 1.807) is 0 Å². The normalized spacial score (nSPS) is 15.6. The monoisotopic (exact) mass is 309 g/mol. The van der Waals surface area contributed by atoms with Gasteiger partial charge >= 0.3 is 0 Å². The van der Waals surface area contributed by atoms with Crippen LogP contribution in [-0.4, -0.2) is 25.7 Å². The van der Waals surface area contributed by atoms with Gasteiger partial charge in [0, 0.05) is 18.1 Å². The molecule has 1 aliphatic carbocycles. The summed E-state index contributed by atoms with van der Waals surface area (Å²) in [5.74, 6) is 2.15. The lowest BCUT2D eigenvalue weighted by molar-refractivity contribution is 0.326. The number of nitrogens with one attached hydrogen (secondary N) is 1. The van der Waals surface area contributed by atoms with E-state index >= 15 is 0 Å². The maximum atomic E-state index is 6.04. The zero-order chi connectivity index (χ0) is 15.1. The highest BCUT2D eigenvalue weighted by atomic mass is 35.5. The Bertz CT molecular complexity index is 486. The largest absolute Gasteiger partial charge is 0.494 e. The predicted molar refractivity (Wildman–Crippen MR) is 88.2 cm³/mol. The number of ether oxygens (including phenoxy) is 1. The fourth-order valence-electron chi connectivity index (χ4n) is 2.32. The van der Waals surface area contributed by atoms with Crippen molar-refractivity contribution in [3.63, 3.8) is 0 Å². The highest BCUT2D eigenvalue weighted by Gasteiger charge is 2.16. The van der Waals surface area contributed by atoms with Gasteiger partial charge in [0.15, 0.2) is 5.96 Å². The SMILES string of the molecule is CCOc1ccc(Cl)cc1CCNC(N)=NCC1CCC1. The van der Waals surface area contributed by atoms with Crippen molar-refractivity contribution in [2.75, 3.05) is 19.7 Å². The van der Waals surface area contributed by atoms with E-state index in [0.717, 1.165) is 41.8 Å². The first-order valence-electron chi connectivity index (χ1n) is 7.64. The van der Waals surface area contributed by atoms with Gasteiger partial charge in [0.1, 0.15) is 5.75 Å². The Morgan fingerprint density at radius 3 is 2.95 bits per heavy atom. The van der Waals surface area contributed by atoms with E-state index in [2.05, 4.69) is 10.3 Å². The third-order valence-corrected chi connectivity index (χ3v) is 4.00. The number of guanidine groups is 1. The van der Waals surface area contributed by atoms with Gasteiger partial charge < -0.3 is 15.8 Å². The molecule has 0 aromatic heterocycles. The lowest BCUT2D eigenvalue weighted by Crippen LogP contribution is -2.34. The molecular weight excluding hydrogens is 286 g/mol. The van der Waals surface area contributed by atoms with Gasteiger partial charge in [0.2, 0.25) is 0 Å². The molecule has 5 heteroatoms. The van der Waals surface area contributed by atoms with Crippen molar-refractivity contribution in [1.82, 2.24) is 5.32 Å². The van der Waals surface area contributed by atoms with Crippen molar-refractivity contribution < 1.29 is 4.74 Å². The molecule has 1 saturated carbocycles. The second kappa shape index (κ2) is 8.13. The lowest BCUT2D eigenvalue weighted by atomic mass is 9.86. The van der Waals surface area contributed by atoms with E-state index in [4.69, 9.17) is 22.1 Å². The molecule has 0 atom stereocenters. The summed E-state index contributed by atoms with van der Waals surface area (Å²) in [7, 11) is 0. The number of hydrogen-bond donors (Lipinski definition) is 2. The summed E-state index contributed by atoms with van der Waals surface area (Å²) in [4.78, 5) is 4.38. The van der Waals surface area contributed by atoms with E-state index in [0.29, 0.717) is 12.6 Å². The van der Waals surface area contributed by atoms with Crippen LogP contribution in [0.3, 0.4) is 0 Å². The number of rotatable bonds is 7. The molecule has 0 radical (unpaired) electrons. The van der Waals surface area contributed by atoms with Crippen LogP contribution in [0.15, 0.2) is 23.2 Å². The summed E-state index contributed by atoms with van der Waals surface area (Å²) in [6.45, 7) is 4.19. The molecule has 2 rings (SSSR count). The van der Waals surface area contributed by atoms with Crippen LogP contribution in [0.25, 0.3) is 0 Å². The number of hydrogen-bond acceptors (Lipinski definition) is 2. The Kier molecular flexibility index (Phi) is 6.18. The molecule has 1 aliphatic rings. The molecule has 0 saturated heterocycles. The lowest BCUT2D eigenvalue weighted by Gasteiger charge is -2.23. The first kappa shape index (κ1) is 16.0. The zero-order valence-electron chi connectivity index (χ0n) is 12.6. The standard InChI is InChI=1S/C16H24ClN3O/c1-2-21-15-7-6-14(17)10-13(15)8-9-19-16(18)20-11-12-4-3-5-12/h6-7,10,12H,2-5,8-9,11H2,1H3,(H3,18,19,20). The van der Waals surface area contributed by atoms with Gasteiger partial charge in [-0.15, -0.1) is 0 Å². The van der Waals surface area contributed by atoms with Crippen molar-refractivity contribution >= 4 is 17.6 Å². The molecule has 1 aromatic carbocycles. The molecule has 0 aliphatic heterocycles. The quantitative estimate of drug-likeness (QED) is 0.601. The maximum Gasteiger partial charge on any atom is 0.188 e. The van der Waals surface area contributed by atoms with Gasteiger partial charge in [0.05, 0.1) is 6.61 Å². The van der Waals surface area contributed by atoms with E-state index in [9.17, 15) is 0 Å². The summed E-state index contributed by atoms with van der Waals surface area (Å²) < 4.78 is 5.60. The number of aliphatic imine (C=N–C) groups is 1. The molecule has 0 bridgehead atoms. The average Bonchev–Trinajstić information content (AvgIpc) is 2.40. The first-order valence-corrected chi connectivity index (χ1v) is 8.02. The molecule has 4 nitrogen and oxygen atoms in total. The Labute approximate surface area is 131 Å². The average molecular weight is 310 g/mol. The molecular formula is C16H24ClN3O. The van der Waals surface area contributed by atoms with Crippen molar-refractivity contribution in [2.45, 2.75) is 32.6 Å². The maximum absolute atomic E-state index is 6.04. The molecule has 0 unspecified atom stereocenters. The molecule has 1 aromatic rings. The molecule has 3 N–H and O–H groups in total. The fraction of sp³-hybridized carbons (Fsp3) is 0.562. The van der Waals surface area contributed by atoms with Crippen LogP contribution in [0.1, 0.15) is 31.7 Å². The number of nitrogens with two attached hydrogens (primary N) is 1.